The summed E-state index contributed by atoms with van der Waals surface area (Å²) in [6.45, 7) is 2.39. The van der Waals surface area contributed by atoms with Gasteiger partial charge in [0, 0.05) is 5.54 Å². The van der Waals surface area contributed by atoms with E-state index in [4.69, 9.17) is 0 Å². The summed E-state index contributed by atoms with van der Waals surface area (Å²) >= 11 is 0. The van der Waals surface area contributed by atoms with Gasteiger partial charge < -0.3 is 5.32 Å². The number of rotatable bonds is 1. The van der Waals surface area contributed by atoms with E-state index in [1.54, 1.807) is 0 Å². The Labute approximate surface area is 88.7 Å². The Morgan fingerprint density at radius 2 is 1.36 bits per heavy atom. The van der Waals surface area contributed by atoms with Gasteiger partial charge in [-0.15, -0.1) is 0 Å². The van der Waals surface area contributed by atoms with Crippen LogP contribution in [0.2, 0.25) is 0 Å². The number of hydrogen-bond acceptors (Lipinski definition) is 1. The van der Waals surface area contributed by atoms with Crippen molar-refractivity contribution in [1.29, 1.82) is 0 Å². The number of hydrogen-bond donors (Lipinski definition) is 1. The first-order valence-electron chi connectivity index (χ1n) is 6.37. The summed E-state index contributed by atoms with van der Waals surface area (Å²) in [7, 11) is 2.12. The maximum absolute atomic E-state index is 3.50. The molecule has 0 radical (unpaired) electrons. The summed E-state index contributed by atoms with van der Waals surface area (Å²) in [4.78, 5) is 0. The van der Waals surface area contributed by atoms with Crippen molar-refractivity contribution in [3.8, 4) is 0 Å². The molecule has 0 atom stereocenters. The molecule has 2 fully saturated rings. The van der Waals surface area contributed by atoms with Crippen LogP contribution in [-0.4, -0.2) is 12.6 Å². The van der Waals surface area contributed by atoms with E-state index in [0.717, 1.165) is 5.41 Å². The second kappa shape index (κ2) is 3.84. The first-order chi connectivity index (χ1) is 6.68. The van der Waals surface area contributed by atoms with Crippen LogP contribution in [0.15, 0.2) is 0 Å². The fraction of sp³-hybridized carbons (Fsp3) is 1.00. The molecule has 0 amide bonds. The predicted octanol–water partition coefficient (Wildman–Crippen LogP) is 3.49. The van der Waals surface area contributed by atoms with Crippen LogP contribution in [0.5, 0.6) is 0 Å². The molecule has 1 nitrogen and oxygen atoms in total. The highest BCUT2D eigenvalue weighted by Gasteiger charge is 2.39. The molecule has 0 saturated heterocycles. The monoisotopic (exact) mass is 195 g/mol. The highest BCUT2D eigenvalue weighted by molar-refractivity contribution is 4.95. The van der Waals surface area contributed by atoms with Crippen molar-refractivity contribution >= 4 is 0 Å². The lowest BCUT2D eigenvalue weighted by Crippen LogP contribution is -2.46. The Kier molecular flexibility index (Phi) is 2.88. The zero-order chi connectivity index (χ0) is 10.1. The molecular formula is C13H25N. The van der Waals surface area contributed by atoms with E-state index in [-0.39, 0.29) is 0 Å². The molecule has 0 unspecified atom stereocenters. The van der Waals surface area contributed by atoms with E-state index in [0.29, 0.717) is 5.54 Å². The van der Waals surface area contributed by atoms with Gasteiger partial charge in [0.1, 0.15) is 0 Å². The van der Waals surface area contributed by atoms with E-state index >= 15 is 0 Å². The lowest BCUT2D eigenvalue weighted by Gasteiger charge is -2.47. The van der Waals surface area contributed by atoms with Crippen LogP contribution in [0, 0.1) is 5.41 Å². The van der Waals surface area contributed by atoms with Crippen molar-refractivity contribution in [3.63, 3.8) is 0 Å². The molecule has 0 aromatic heterocycles. The van der Waals surface area contributed by atoms with Crippen molar-refractivity contribution < 1.29 is 0 Å². The predicted molar refractivity (Wildman–Crippen MR) is 61.5 cm³/mol. The third-order valence-corrected chi connectivity index (χ3v) is 4.93. The molecule has 0 bridgehead atoms. The van der Waals surface area contributed by atoms with Gasteiger partial charge in [-0.2, -0.15) is 0 Å². The van der Waals surface area contributed by atoms with Crippen LogP contribution >= 0.6 is 0 Å². The molecule has 2 saturated carbocycles. The molecule has 82 valence electrons. The molecule has 14 heavy (non-hydrogen) atoms. The Bertz CT molecular complexity index is 181. The molecular weight excluding hydrogens is 170 g/mol. The quantitative estimate of drug-likeness (QED) is 0.675. The zero-order valence-corrected chi connectivity index (χ0v) is 9.86. The van der Waals surface area contributed by atoms with Gasteiger partial charge in [0.15, 0.2) is 0 Å². The zero-order valence-electron chi connectivity index (χ0n) is 9.86. The van der Waals surface area contributed by atoms with Crippen LogP contribution < -0.4 is 5.32 Å². The average molecular weight is 195 g/mol. The van der Waals surface area contributed by atoms with E-state index in [1.165, 1.54) is 57.8 Å². The van der Waals surface area contributed by atoms with Crippen molar-refractivity contribution in [2.24, 2.45) is 5.41 Å². The van der Waals surface area contributed by atoms with Gasteiger partial charge in [-0.1, -0.05) is 19.3 Å². The Hall–Kier alpha value is -0.0400. The smallest absolute Gasteiger partial charge is 0.0150 e. The Balaban J connectivity index is 1.93. The summed E-state index contributed by atoms with van der Waals surface area (Å²) in [5, 5.41) is 3.50. The van der Waals surface area contributed by atoms with Gasteiger partial charge in [-0.3, -0.25) is 0 Å². The van der Waals surface area contributed by atoms with Gasteiger partial charge in [0.2, 0.25) is 0 Å². The molecule has 1 N–H and O–H groups in total. The fourth-order valence-corrected chi connectivity index (χ4v) is 3.38. The minimum atomic E-state index is 0.447. The average Bonchev–Trinajstić information content (AvgIpc) is 2.25. The highest BCUT2D eigenvalue weighted by atomic mass is 14.9. The first-order valence-corrected chi connectivity index (χ1v) is 6.37. The summed E-state index contributed by atoms with van der Waals surface area (Å²) < 4.78 is 0. The van der Waals surface area contributed by atoms with E-state index in [9.17, 15) is 0 Å². The summed E-state index contributed by atoms with van der Waals surface area (Å²) in [6, 6.07) is 0. The summed E-state index contributed by atoms with van der Waals surface area (Å²) in [6.07, 6.45) is 13.3. The summed E-state index contributed by atoms with van der Waals surface area (Å²) in [5.41, 5.74) is 1.22. The maximum Gasteiger partial charge on any atom is 0.0150 e. The largest absolute Gasteiger partial charge is 0.315 e. The molecule has 1 heteroatoms. The van der Waals surface area contributed by atoms with Gasteiger partial charge >= 0.3 is 0 Å². The topological polar surface area (TPSA) is 12.0 Å². The van der Waals surface area contributed by atoms with Crippen LogP contribution in [0.25, 0.3) is 0 Å². The highest BCUT2D eigenvalue weighted by Crippen LogP contribution is 2.49. The van der Waals surface area contributed by atoms with Crippen LogP contribution in [-0.2, 0) is 0 Å². The minimum absolute atomic E-state index is 0.447. The molecule has 2 aliphatic rings. The van der Waals surface area contributed by atoms with Crippen molar-refractivity contribution in [3.05, 3.63) is 0 Å². The Morgan fingerprint density at radius 3 is 1.86 bits per heavy atom. The van der Waals surface area contributed by atoms with Gasteiger partial charge in [0.25, 0.3) is 0 Å². The van der Waals surface area contributed by atoms with Gasteiger partial charge in [-0.25, -0.2) is 0 Å². The molecule has 0 aromatic carbocycles. The third-order valence-electron chi connectivity index (χ3n) is 4.93. The van der Waals surface area contributed by atoms with Crippen molar-refractivity contribution in [2.45, 2.75) is 70.3 Å². The van der Waals surface area contributed by atoms with E-state index in [1.807, 2.05) is 0 Å². The fourth-order valence-electron chi connectivity index (χ4n) is 3.38. The molecule has 0 aromatic rings. The minimum Gasteiger partial charge on any atom is -0.315 e. The molecule has 0 heterocycles. The number of nitrogens with one attached hydrogen (secondary N) is 1. The maximum atomic E-state index is 3.50. The van der Waals surface area contributed by atoms with Crippen LogP contribution in [0.3, 0.4) is 0 Å². The standard InChI is InChI=1S/C13H25N/c1-12(14-2)8-10-13(11-9-12)6-4-3-5-7-13/h14H,3-11H2,1-2H3. The molecule has 2 aliphatic carbocycles. The van der Waals surface area contributed by atoms with Gasteiger partial charge in [-0.05, 0) is 57.9 Å². The summed E-state index contributed by atoms with van der Waals surface area (Å²) in [5.74, 6) is 0. The first kappa shape index (κ1) is 10.5. The van der Waals surface area contributed by atoms with Crippen molar-refractivity contribution in [2.75, 3.05) is 7.05 Å². The van der Waals surface area contributed by atoms with Crippen LogP contribution in [0.4, 0.5) is 0 Å². The normalized spacial score (nSPS) is 30.4. The molecule has 1 spiro atoms. The van der Waals surface area contributed by atoms with Crippen molar-refractivity contribution in [1.82, 2.24) is 5.32 Å². The third kappa shape index (κ3) is 1.98. The second-order valence-electron chi connectivity index (χ2n) is 5.87. The molecule has 2 rings (SSSR count). The molecule has 0 aliphatic heterocycles. The van der Waals surface area contributed by atoms with E-state index < -0.39 is 0 Å². The SMILES string of the molecule is CNC1(C)CCC2(CCCCC2)CC1. The lowest BCUT2D eigenvalue weighted by molar-refractivity contribution is 0.0789. The second-order valence-corrected chi connectivity index (χ2v) is 5.87. The van der Waals surface area contributed by atoms with E-state index in [2.05, 4.69) is 19.3 Å². The van der Waals surface area contributed by atoms with Gasteiger partial charge in [0.05, 0.1) is 0 Å². The lowest BCUT2D eigenvalue weighted by atomic mass is 9.62. The Morgan fingerprint density at radius 1 is 0.786 bits per heavy atom. The van der Waals surface area contributed by atoms with Crippen LogP contribution in [0.1, 0.15) is 64.7 Å².